The van der Waals surface area contributed by atoms with Crippen molar-refractivity contribution in [2.45, 2.75) is 340 Å². The van der Waals surface area contributed by atoms with Crippen LogP contribution in [0.25, 0.3) is 11.1 Å². The summed E-state index contributed by atoms with van der Waals surface area (Å²) in [6, 6.07) is 6.33. The highest BCUT2D eigenvalue weighted by Crippen LogP contribution is 2.52. The molecule has 2 aromatic carbocycles. The number of carbonyl (C=O) groups excluding carboxylic acids is 24. The van der Waals surface area contributed by atoms with Gasteiger partial charge in [0.15, 0.2) is 5.41 Å². The normalized spacial score (nSPS) is 11.7. The molecule has 0 unspecified atom stereocenters. The van der Waals surface area contributed by atoms with E-state index < -0.39 is 168 Å². The molecular formula is C89H112Br2O24. The first-order chi connectivity index (χ1) is 55.0. The molecule has 0 bridgehead atoms. The van der Waals surface area contributed by atoms with Gasteiger partial charge in [0.2, 0.25) is 23.1 Å². The lowest BCUT2D eigenvalue weighted by molar-refractivity contribution is -0.157. The minimum absolute atomic E-state index is 0.0748. The zero-order valence-corrected chi connectivity index (χ0v) is 70.0. The van der Waals surface area contributed by atoms with E-state index in [1.54, 1.807) is 0 Å². The molecule has 0 N–H and O–H groups in total. The van der Waals surface area contributed by atoms with Crippen LogP contribution < -0.4 is 0 Å². The van der Waals surface area contributed by atoms with Crippen LogP contribution in [-0.2, 0) is 120 Å². The molecule has 626 valence electrons. The van der Waals surface area contributed by atoms with Gasteiger partial charge < -0.3 is 0 Å². The van der Waals surface area contributed by atoms with E-state index in [0.29, 0.717) is 25.7 Å². The summed E-state index contributed by atoms with van der Waals surface area (Å²) in [5.41, 5.74) is -6.09. The molecule has 2 aromatic rings. The monoisotopic (exact) mass is 1720 g/mol. The second-order valence-electron chi connectivity index (χ2n) is 30.0. The van der Waals surface area contributed by atoms with Crippen LogP contribution in [-0.4, -0.2) is 139 Å². The first kappa shape index (κ1) is 101. The summed E-state index contributed by atoms with van der Waals surface area (Å²) in [4.78, 5) is 316. The molecule has 0 atom stereocenters. The van der Waals surface area contributed by atoms with Gasteiger partial charge >= 0.3 is 0 Å². The number of unbranched alkanes of at least 4 members (excludes halogenated alkanes) is 46. The highest BCUT2D eigenvalue weighted by atomic mass is 79.9. The summed E-state index contributed by atoms with van der Waals surface area (Å²) in [5.74, 6) is -62.7. The fourth-order valence-corrected chi connectivity index (χ4v) is 14.8. The molecule has 0 aliphatic heterocycles. The van der Waals surface area contributed by atoms with E-state index in [-0.39, 0.29) is 32.9 Å². The lowest BCUT2D eigenvalue weighted by Crippen LogP contribution is -2.55. The predicted molar refractivity (Wildman–Crippen MR) is 430 cm³/mol. The van der Waals surface area contributed by atoms with Crippen molar-refractivity contribution in [1.29, 1.82) is 0 Å². The SMILES string of the molecule is CCCCCCCCCCCCCCCCCCCCCCCCCCC(=O)C(=O)C(=O)C(=O)C(=O)C(=O)C(=O)C(=O)C(=O)C(=O)C(=O)C(=O)C1(C(=O)C(=O)C(=O)C(=O)C(=O)C(=O)C(=O)C(=O)C(=O)C(=O)C(=O)C(=O)CCCCCCCCCCCCCCCCCCCCCCCCCC)c2cc(Br)ccc2-c2ccc(Br)cc21. The van der Waals surface area contributed by atoms with Crippen LogP contribution in [0.4, 0.5) is 0 Å². The maximum Gasteiger partial charge on any atom is 0.281 e. The third-order valence-corrected chi connectivity index (χ3v) is 21.9. The molecule has 0 heterocycles. The Morgan fingerprint density at radius 2 is 0.348 bits per heavy atom. The van der Waals surface area contributed by atoms with Crippen LogP contribution in [0, 0.1) is 0 Å². The van der Waals surface area contributed by atoms with Crippen LogP contribution in [0.15, 0.2) is 45.3 Å². The third kappa shape index (κ3) is 32.8. The Labute approximate surface area is 689 Å². The van der Waals surface area contributed by atoms with Crippen molar-refractivity contribution in [3.8, 4) is 11.1 Å². The molecule has 0 radical (unpaired) electrons. The Morgan fingerprint density at radius 3 is 0.522 bits per heavy atom. The summed E-state index contributed by atoms with van der Waals surface area (Å²) >= 11 is 6.07. The quantitative estimate of drug-likeness (QED) is 0.0337. The number of carbonyl (C=O) groups is 24. The minimum atomic E-state index is -3.79. The number of benzene rings is 2. The van der Waals surface area contributed by atoms with Gasteiger partial charge in [0.1, 0.15) is 0 Å². The van der Waals surface area contributed by atoms with Gasteiger partial charge in [-0.05, 0) is 59.4 Å². The molecule has 0 aromatic heterocycles. The van der Waals surface area contributed by atoms with Gasteiger partial charge in [-0.3, -0.25) is 115 Å². The van der Waals surface area contributed by atoms with Gasteiger partial charge in [-0.15, -0.1) is 0 Å². The molecular weight excluding hydrogens is 1610 g/mol. The first-order valence-corrected chi connectivity index (χ1v) is 43.2. The Bertz CT molecular complexity index is 3690. The van der Waals surface area contributed by atoms with E-state index in [4.69, 9.17) is 0 Å². The molecule has 3 rings (SSSR count). The molecule has 1 aliphatic carbocycles. The fraction of sp³-hybridized carbons (Fsp3) is 0.596. The molecule has 1 aliphatic rings. The van der Waals surface area contributed by atoms with Gasteiger partial charge in [0.25, 0.3) is 116 Å². The topological polar surface area (TPSA) is 410 Å². The summed E-state index contributed by atoms with van der Waals surface area (Å²) in [6.07, 6.45) is 52.4. The van der Waals surface area contributed by atoms with E-state index in [0.717, 1.165) is 101 Å². The minimum Gasteiger partial charge on any atom is -0.290 e. The smallest absolute Gasteiger partial charge is 0.281 e. The Morgan fingerprint density at radius 1 is 0.200 bits per heavy atom. The van der Waals surface area contributed by atoms with Crippen molar-refractivity contribution in [1.82, 2.24) is 0 Å². The zero-order chi connectivity index (χ0) is 85.4. The standard InChI is InChI=1S/C89H112Br2O24/c1-3-5-7-9-11-13-15-17-19-21-23-25-27-29-31-33-35-37-39-41-43-45-47-49-51-65(92)67(94)69(96)71(98)73(100)75(102)77(104)79(106)81(108)83(110)85(112)87(114)89(63-57-59(90)53-55-61(63)62-56-54-60(91)58-64(62)89)88(115)86(113)84(111)82(109)80(107)78(105)76(103)74(101)72(99)70(97)68(95)66(93)52-50-48-46-44-42-40-38-36-34-32-30-28-26-24-22-20-18-16-14-12-10-8-6-4-2/h53-58H,3-52H2,1-2H3. The summed E-state index contributed by atoms with van der Waals surface area (Å²) in [7, 11) is 0. The van der Waals surface area contributed by atoms with Crippen molar-refractivity contribution < 1.29 is 115 Å². The average molecular weight is 1730 g/mol. The van der Waals surface area contributed by atoms with E-state index >= 15 is 0 Å². The van der Waals surface area contributed by atoms with E-state index in [1.165, 1.54) is 205 Å². The van der Waals surface area contributed by atoms with Crippen LogP contribution in [0.5, 0.6) is 0 Å². The lowest BCUT2D eigenvalue weighted by Gasteiger charge is -2.27. The van der Waals surface area contributed by atoms with Crippen LogP contribution >= 0.6 is 31.9 Å². The number of halogens is 2. The van der Waals surface area contributed by atoms with Crippen LogP contribution in [0.1, 0.15) is 346 Å². The fourth-order valence-electron chi connectivity index (χ4n) is 14.0. The van der Waals surface area contributed by atoms with Crippen molar-refractivity contribution >= 4 is 171 Å². The molecule has 0 fully saturated rings. The third-order valence-electron chi connectivity index (χ3n) is 20.9. The number of ketones is 24. The lowest BCUT2D eigenvalue weighted by atomic mass is 9.67. The van der Waals surface area contributed by atoms with E-state index in [9.17, 15) is 115 Å². The van der Waals surface area contributed by atoms with Crippen molar-refractivity contribution in [2.75, 3.05) is 0 Å². The van der Waals surface area contributed by atoms with Crippen LogP contribution in [0.3, 0.4) is 0 Å². The van der Waals surface area contributed by atoms with Gasteiger partial charge in [0.05, 0.1) is 0 Å². The van der Waals surface area contributed by atoms with E-state index in [1.807, 2.05) is 0 Å². The largest absolute Gasteiger partial charge is 0.290 e. The highest BCUT2D eigenvalue weighted by Gasteiger charge is 2.62. The summed E-state index contributed by atoms with van der Waals surface area (Å²) in [5, 5.41) is 0. The number of fused-ring (bicyclic) bond motifs is 3. The number of hydrogen-bond donors (Lipinski definition) is 0. The Hall–Kier alpha value is -8.52. The molecule has 24 nitrogen and oxygen atoms in total. The maximum absolute atomic E-state index is 14.8. The average Bonchev–Trinajstić information content (AvgIpc) is 1.54. The molecule has 0 spiro atoms. The maximum atomic E-state index is 14.8. The van der Waals surface area contributed by atoms with Crippen molar-refractivity contribution in [2.24, 2.45) is 0 Å². The molecule has 0 saturated heterocycles. The van der Waals surface area contributed by atoms with Crippen molar-refractivity contribution in [3.05, 3.63) is 56.5 Å². The summed E-state index contributed by atoms with van der Waals surface area (Å²) in [6.45, 7) is 4.46. The molecule has 26 heteroatoms. The van der Waals surface area contributed by atoms with Gasteiger partial charge in [-0.25, -0.2) is 0 Å². The number of rotatable bonds is 74. The Kier molecular flexibility index (Phi) is 49.0. The van der Waals surface area contributed by atoms with Crippen LogP contribution in [0.2, 0.25) is 0 Å². The van der Waals surface area contributed by atoms with E-state index in [2.05, 4.69) is 45.7 Å². The van der Waals surface area contributed by atoms with Crippen molar-refractivity contribution in [3.63, 3.8) is 0 Å². The highest BCUT2D eigenvalue weighted by molar-refractivity contribution is 9.10. The number of hydrogen-bond acceptors (Lipinski definition) is 24. The van der Waals surface area contributed by atoms with Gasteiger partial charge in [-0.2, -0.15) is 0 Å². The second kappa shape index (κ2) is 55.9. The molecule has 0 saturated carbocycles. The number of Topliss-reactive ketones (excluding diaryl/α,β-unsaturated/α-hetero) is 24. The van der Waals surface area contributed by atoms with Gasteiger partial charge in [0, 0.05) is 21.8 Å². The molecule has 115 heavy (non-hydrogen) atoms. The Balaban J connectivity index is 1.52. The first-order valence-electron chi connectivity index (χ1n) is 41.6. The summed E-state index contributed by atoms with van der Waals surface area (Å²) < 4.78 is -0.274. The second-order valence-corrected chi connectivity index (χ2v) is 31.8. The van der Waals surface area contributed by atoms with Gasteiger partial charge in [-0.1, -0.05) is 353 Å². The molecule has 0 amide bonds. The predicted octanol–water partition coefficient (Wildman–Crippen LogP) is 14.7. The zero-order valence-electron chi connectivity index (χ0n) is 66.9.